The van der Waals surface area contributed by atoms with Gasteiger partial charge in [0.05, 0.1) is 18.0 Å². The van der Waals surface area contributed by atoms with Gasteiger partial charge in [0, 0.05) is 19.4 Å². The number of aromatic nitrogens is 1. The lowest BCUT2D eigenvalue weighted by atomic mass is 10.1. The molecule has 0 spiro atoms. The number of carbonyl (C=O) groups excluding carboxylic acids is 2. The second-order valence-corrected chi connectivity index (χ2v) is 6.81. The minimum atomic E-state index is -0.744. The number of benzene rings is 1. The second kappa shape index (κ2) is 9.78. The van der Waals surface area contributed by atoms with E-state index in [4.69, 9.17) is 9.47 Å². The molecule has 0 saturated heterocycles. The zero-order valence-electron chi connectivity index (χ0n) is 16.2. The molecule has 1 heterocycles. The van der Waals surface area contributed by atoms with Gasteiger partial charge in [0.25, 0.3) is 0 Å². The molecule has 0 bridgehead atoms. The quantitative estimate of drug-likeness (QED) is 0.306. The summed E-state index contributed by atoms with van der Waals surface area (Å²) in [6, 6.07) is 7.53. The summed E-state index contributed by atoms with van der Waals surface area (Å²) < 4.78 is 9.76. The fourth-order valence-electron chi connectivity index (χ4n) is 2.32. The zero-order chi connectivity index (χ0) is 20.7. The Morgan fingerprint density at radius 2 is 2.04 bits per heavy atom. The van der Waals surface area contributed by atoms with E-state index in [1.54, 1.807) is 5.38 Å². The number of esters is 1. The van der Waals surface area contributed by atoms with Gasteiger partial charge in [-0.2, -0.15) is 5.26 Å². The lowest BCUT2D eigenvalue weighted by Crippen LogP contribution is -2.22. The Labute approximate surface area is 167 Å². The Bertz CT molecular complexity index is 943. The third-order valence-electron chi connectivity index (χ3n) is 3.92. The first-order valence-corrected chi connectivity index (χ1v) is 9.36. The van der Waals surface area contributed by atoms with Crippen LogP contribution in [0.1, 0.15) is 23.7 Å². The molecule has 0 aliphatic carbocycles. The number of methoxy groups -OCH3 is 1. The lowest BCUT2D eigenvalue weighted by molar-refractivity contribution is -0.139. The highest BCUT2D eigenvalue weighted by atomic mass is 32.1. The largest absolute Gasteiger partial charge is 0.459 e. The predicted molar refractivity (Wildman–Crippen MR) is 107 cm³/mol. The minimum absolute atomic E-state index is 0.0571. The summed E-state index contributed by atoms with van der Waals surface area (Å²) >= 11 is 1.24. The van der Waals surface area contributed by atoms with E-state index < -0.39 is 5.97 Å². The zero-order valence-corrected chi connectivity index (χ0v) is 17.0. The van der Waals surface area contributed by atoms with Crippen LogP contribution in [0.4, 0.5) is 10.8 Å². The highest BCUT2D eigenvalue weighted by molar-refractivity contribution is 7.14. The molecule has 7 nitrogen and oxygen atoms in total. The third-order valence-corrected chi connectivity index (χ3v) is 4.76. The van der Waals surface area contributed by atoms with Crippen molar-refractivity contribution in [1.29, 1.82) is 5.26 Å². The molecular formula is C20H21N3O4S. The van der Waals surface area contributed by atoms with E-state index in [1.165, 1.54) is 36.3 Å². The van der Waals surface area contributed by atoms with Gasteiger partial charge < -0.3 is 9.47 Å². The Morgan fingerprint density at radius 1 is 1.29 bits per heavy atom. The number of hydrogen-bond acceptors (Lipinski definition) is 7. The van der Waals surface area contributed by atoms with Crippen molar-refractivity contribution in [2.75, 3.05) is 25.2 Å². The summed E-state index contributed by atoms with van der Waals surface area (Å²) in [5.74, 6) is -0.931. The molecule has 0 atom stereocenters. The average Bonchev–Trinajstić information content (AvgIpc) is 3.10. The van der Waals surface area contributed by atoms with Gasteiger partial charge in [-0.15, -0.1) is 11.3 Å². The molecule has 1 amide bonds. The Morgan fingerprint density at radius 3 is 2.64 bits per heavy atom. The number of carbonyl (C=O) groups is 2. The predicted octanol–water partition coefficient (Wildman–Crippen LogP) is 3.54. The summed E-state index contributed by atoms with van der Waals surface area (Å²) in [7, 11) is 1.49. The van der Waals surface area contributed by atoms with Crippen molar-refractivity contribution in [2.45, 2.75) is 20.8 Å². The average molecular weight is 399 g/mol. The van der Waals surface area contributed by atoms with Crippen LogP contribution in [-0.4, -0.2) is 37.2 Å². The van der Waals surface area contributed by atoms with Crippen molar-refractivity contribution < 1.29 is 19.1 Å². The van der Waals surface area contributed by atoms with Gasteiger partial charge in [-0.3, -0.25) is 9.69 Å². The van der Waals surface area contributed by atoms with E-state index in [0.29, 0.717) is 16.5 Å². The maximum absolute atomic E-state index is 12.2. The first-order chi connectivity index (χ1) is 13.4. The molecule has 146 valence electrons. The van der Waals surface area contributed by atoms with Crippen molar-refractivity contribution in [3.63, 3.8) is 0 Å². The monoisotopic (exact) mass is 399 g/mol. The van der Waals surface area contributed by atoms with Gasteiger partial charge >= 0.3 is 5.97 Å². The number of amides is 1. The molecule has 0 aliphatic heterocycles. The molecule has 1 aromatic carbocycles. The van der Waals surface area contributed by atoms with Crippen LogP contribution < -0.4 is 4.90 Å². The SMILES string of the molecule is COCCOC(=O)/C(C#N)=C/c1csc(N(C(C)=O)c2ccc(C)c(C)c2)n1. The summed E-state index contributed by atoms with van der Waals surface area (Å²) in [6.07, 6.45) is 1.34. The minimum Gasteiger partial charge on any atom is -0.459 e. The number of thiazole rings is 1. The van der Waals surface area contributed by atoms with Crippen LogP contribution in [0.5, 0.6) is 0 Å². The third kappa shape index (κ3) is 5.25. The molecule has 28 heavy (non-hydrogen) atoms. The molecule has 2 aromatic rings. The fraction of sp³-hybridized carbons (Fsp3) is 0.300. The molecule has 1 aromatic heterocycles. The smallest absolute Gasteiger partial charge is 0.349 e. The maximum Gasteiger partial charge on any atom is 0.349 e. The van der Waals surface area contributed by atoms with E-state index in [-0.39, 0.29) is 24.7 Å². The number of nitriles is 1. The Balaban J connectivity index is 2.29. The molecule has 0 saturated carbocycles. The van der Waals surface area contributed by atoms with Crippen LogP contribution in [-0.2, 0) is 19.1 Å². The fourth-order valence-corrected chi connectivity index (χ4v) is 3.16. The molecule has 0 aliphatic rings. The topological polar surface area (TPSA) is 92.5 Å². The van der Waals surface area contributed by atoms with Crippen LogP contribution in [0.25, 0.3) is 6.08 Å². The van der Waals surface area contributed by atoms with E-state index in [2.05, 4.69) is 4.98 Å². The molecule has 0 N–H and O–H groups in total. The summed E-state index contributed by atoms with van der Waals surface area (Å²) in [6.45, 7) is 5.73. The summed E-state index contributed by atoms with van der Waals surface area (Å²) in [4.78, 5) is 30.0. The molecule has 0 radical (unpaired) electrons. The molecule has 8 heteroatoms. The van der Waals surface area contributed by atoms with Crippen molar-refractivity contribution in [1.82, 2.24) is 4.98 Å². The van der Waals surface area contributed by atoms with Crippen LogP contribution in [0, 0.1) is 25.2 Å². The number of hydrogen-bond donors (Lipinski definition) is 0. The Kier molecular flexibility index (Phi) is 7.44. The summed E-state index contributed by atoms with van der Waals surface area (Å²) in [5, 5.41) is 11.3. The molecule has 2 rings (SSSR count). The highest BCUT2D eigenvalue weighted by Crippen LogP contribution is 2.30. The lowest BCUT2D eigenvalue weighted by Gasteiger charge is -2.19. The van der Waals surface area contributed by atoms with Gasteiger partial charge in [0.1, 0.15) is 18.2 Å². The first-order valence-electron chi connectivity index (χ1n) is 8.48. The van der Waals surface area contributed by atoms with Gasteiger partial charge in [0.15, 0.2) is 5.13 Å². The summed E-state index contributed by atoms with van der Waals surface area (Å²) in [5.41, 5.74) is 3.12. The van der Waals surface area contributed by atoms with Crippen molar-refractivity contribution in [3.05, 3.63) is 46.0 Å². The molecule has 0 unspecified atom stereocenters. The van der Waals surface area contributed by atoms with E-state index >= 15 is 0 Å². The number of anilines is 2. The van der Waals surface area contributed by atoms with E-state index in [1.807, 2.05) is 38.1 Å². The van der Waals surface area contributed by atoms with Crippen molar-refractivity contribution in [3.8, 4) is 6.07 Å². The van der Waals surface area contributed by atoms with Gasteiger partial charge in [0.2, 0.25) is 5.91 Å². The standard InChI is InChI=1S/C20H21N3O4S/c1-13-5-6-18(9-14(13)2)23(15(3)24)20-22-17(12-28-20)10-16(11-21)19(25)27-8-7-26-4/h5-6,9-10,12H,7-8H2,1-4H3/b16-10+. The van der Waals surface area contributed by atoms with E-state index in [9.17, 15) is 14.9 Å². The van der Waals surface area contributed by atoms with Gasteiger partial charge in [-0.1, -0.05) is 6.07 Å². The Hall–Kier alpha value is -3.02. The molecule has 0 fully saturated rings. The van der Waals surface area contributed by atoms with Gasteiger partial charge in [-0.25, -0.2) is 9.78 Å². The maximum atomic E-state index is 12.2. The van der Waals surface area contributed by atoms with Crippen LogP contribution in [0.3, 0.4) is 0 Å². The highest BCUT2D eigenvalue weighted by Gasteiger charge is 2.19. The van der Waals surface area contributed by atoms with Gasteiger partial charge in [-0.05, 0) is 43.2 Å². The van der Waals surface area contributed by atoms with Crippen LogP contribution >= 0.6 is 11.3 Å². The second-order valence-electron chi connectivity index (χ2n) is 5.98. The van der Waals surface area contributed by atoms with E-state index in [0.717, 1.165) is 11.1 Å². The number of rotatable bonds is 7. The molecular weight excluding hydrogens is 378 g/mol. The normalized spacial score (nSPS) is 11.0. The number of nitrogens with zero attached hydrogens (tertiary/aromatic N) is 3. The number of aryl methyl sites for hydroxylation is 2. The van der Waals surface area contributed by atoms with Crippen LogP contribution in [0.15, 0.2) is 29.2 Å². The van der Waals surface area contributed by atoms with Crippen LogP contribution in [0.2, 0.25) is 0 Å². The first kappa shape index (κ1) is 21.3. The van der Waals surface area contributed by atoms with Crippen molar-refractivity contribution >= 4 is 40.1 Å². The van der Waals surface area contributed by atoms with Crippen molar-refractivity contribution in [2.24, 2.45) is 0 Å². The number of ether oxygens (including phenoxy) is 2.